The molecule has 1 unspecified atom stereocenters. The first kappa shape index (κ1) is 15.4. The Morgan fingerprint density at radius 2 is 2.10 bits per heavy atom. The molecule has 1 aliphatic rings. The minimum atomic E-state index is -0.286. The summed E-state index contributed by atoms with van der Waals surface area (Å²) in [5.74, 6) is -0.140. The number of halogens is 2. The summed E-state index contributed by atoms with van der Waals surface area (Å²) in [7, 11) is 0. The van der Waals surface area contributed by atoms with Gasteiger partial charge in [-0.2, -0.15) is 0 Å². The van der Waals surface area contributed by atoms with Gasteiger partial charge in [0, 0.05) is 29.7 Å². The molecule has 0 aromatic heterocycles. The van der Waals surface area contributed by atoms with Crippen molar-refractivity contribution < 1.29 is 9.18 Å². The molecule has 1 saturated heterocycles. The third-order valence-electron chi connectivity index (χ3n) is 3.64. The predicted molar refractivity (Wildman–Crippen MR) is 80.8 cm³/mol. The Labute approximate surface area is 127 Å². The van der Waals surface area contributed by atoms with Gasteiger partial charge in [-0.15, -0.1) is 0 Å². The van der Waals surface area contributed by atoms with Crippen molar-refractivity contribution >= 4 is 21.8 Å². The monoisotopic (exact) mass is 342 g/mol. The molecule has 1 aromatic carbocycles. The molecule has 1 aliphatic heterocycles. The smallest absolute Gasteiger partial charge is 0.239 e. The average molecular weight is 343 g/mol. The van der Waals surface area contributed by atoms with E-state index in [4.69, 9.17) is 0 Å². The maximum atomic E-state index is 13.6. The van der Waals surface area contributed by atoms with Crippen LogP contribution in [-0.4, -0.2) is 29.9 Å². The van der Waals surface area contributed by atoms with Crippen molar-refractivity contribution in [1.82, 2.24) is 10.2 Å². The average Bonchev–Trinajstić information content (AvgIpc) is 2.48. The summed E-state index contributed by atoms with van der Waals surface area (Å²) >= 11 is 3.33. The second-order valence-corrected chi connectivity index (χ2v) is 6.14. The van der Waals surface area contributed by atoms with E-state index in [9.17, 15) is 9.18 Å². The molecule has 1 N–H and O–H groups in total. The van der Waals surface area contributed by atoms with Crippen LogP contribution in [0.25, 0.3) is 0 Å². The van der Waals surface area contributed by atoms with Gasteiger partial charge >= 0.3 is 0 Å². The fourth-order valence-electron chi connectivity index (χ4n) is 2.42. The van der Waals surface area contributed by atoms with E-state index in [1.165, 1.54) is 12.5 Å². The van der Waals surface area contributed by atoms with Gasteiger partial charge in [0.2, 0.25) is 5.91 Å². The summed E-state index contributed by atoms with van der Waals surface area (Å²) in [5, 5.41) is 3.11. The van der Waals surface area contributed by atoms with Gasteiger partial charge in [0.1, 0.15) is 5.82 Å². The van der Waals surface area contributed by atoms with Gasteiger partial charge in [-0.25, -0.2) is 4.39 Å². The van der Waals surface area contributed by atoms with Crippen LogP contribution in [0.2, 0.25) is 0 Å². The molecule has 0 radical (unpaired) electrons. The van der Waals surface area contributed by atoms with Crippen molar-refractivity contribution in [3.05, 3.63) is 34.1 Å². The molecule has 0 saturated carbocycles. The van der Waals surface area contributed by atoms with E-state index in [2.05, 4.69) is 21.2 Å². The molecule has 1 atom stereocenters. The van der Waals surface area contributed by atoms with Crippen LogP contribution < -0.4 is 5.32 Å². The van der Waals surface area contributed by atoms with Gasteiger partial charge in [-0.3, -0.25) is 4.79 Å². The first-order chi connectivity index (χ1) is 9.58. The number of benzene rings is 1. The Bertz CT molecular complexity index is 475. The van der Waals surface area contributed by atoms with E-state index in [1.54, 1.807) is 12.1 Å². The first-order valence-electron chi connectivity index (χ1n) is 7.04. The molecule has 3 nitrogen and oxygen atoms in total. The van der Waals surface area contributed by atoms with Crippen molar-refractivity contribution in [3.63, 3.8) is 0 Å². The lowest BCUT2D eigenvalue weighted by molar-refractivity contribution is -0.133. The van der Waals surface area contributed by atoms with E-state index < -0.39 is 0 Å². The molecule has 5 heteroatoms. The maximum Gasteiger partial charge on any atom is 0.239 e. The number of hydrogen-bond acceptors (Lipinski definition) is 2. The summed E-state index contributed by atoms with van der Waals surface area (Å²) in [5.41, 5.74) is 0.567. The molecule has 110 valence electrons. The minimum Gasteiger partial charge on any atom is -0.341 e. The van der Waals surface area contributed by atoms with E-state index in [1.807, 2.05) is 11.8 Å². The Morgan fingerprint density at radius 3 is 2.80 bits per heavy atom. The number of carbonyl (C=O) groups is 1. The molecule has 20 heavy (non-hydrogen) atoms. The molecule has 0 spiro atoms. The number of piperidine rings is 1. The van der Waals surface area contributed by atoms with Crippen LogP contribution in [0.1, 0.15) is 31.7 Å². The van der Waals surface area contributed by atoms with Crippen LogP contribution in [0.3, 0.4) is 0 Å². The van der Waals surface area contributed by atoms with Gasteiger partial charge in [-0.05, 0) is 44.4 Å². The number of nitrogens with one attached hydrogen (secondary N) is 1. The molecule has 2 rings (SSSR count). The maximum absolute atomic E-state index is 13.6. The number of rotatable bonds is 4. The highest BCUT2D eigenvalue weighted by molar-refractivity contribution is 9.10. The first-order valence-corrected chi connectivity index (χ1v) is 7.83. The Morgan fingerprint density at radius 1 is 1.40 bits per heavy atom. The third-order valence-corrected chi connectivity index (χ3v) is 4.14. The van der Waals surface area contributed by atoms with Crippen molar-refractivity contribution in [3.8, 4) is 0 Å². The van der Waals surface area contributed by atoms with Crippen molar-refractivity contribution in [2.75, 3.05) is 13.1 Å². The van der Waals surface area contributed by atoms with Crippen LogP contribution in [0.15, 0.2) is 22.7 Å². The quantitative estimate of drug-likeness (QED) is 0.911. The van der Waals surface area contributed by atoms with E-state index >= 15 is 0 Å². The van der Waals surface area contributed by atoms with Gasteiger partial charge in [0.25, 0.3) is 0 Å². The summed E-state index contributed by atoms with van der Waals surface area (Å²) in [6.45, 7) is 3.88. The Hall–Kier alpha value is -0.940. The second kappa shape index (κ2) is 7.18. The van der Waals surface area contributed by atoms with Gasteiger partial charge in [0.05, 0.1) is 6.04 Å². The van der Waals surface area contributed by atoms with Crippen LogP contribution in [0.5, 0.6) is 0 Å². The van der Waals surface area contributed by atoms with Crippen molar-refractivity contribution in [2.24, 2.45) is 0 Å². The van der Waals surface area contributed by atoms with Crippen LogP contribution in [-0.2, 0) is 11.3 Å². The number of likely N-dealkylation sites (tertiary alicyclic amines) is 1. The Balaban J connectivity index is 1.89. The van der Waals surface area contributed by atoms with Gasteiger partial charge in [0.15, 0.2) is 0 Å². The number of nitrogens with zero attached hydrogens (tertiary/aromatic N) is 1. The minimum absolute atomic E-state index is 0.111. The lowest BCUT2D eigenvalue weighted by Crippen LogP contribution is -2.46. The molecule has 1 fully saturated rings. The summed E-state index contributed by atoms with van der Waals surface area (Å²) < 4.78 is 14.5. The lowest BCUT2D eigenvalue weighted by Gasteiger charge is -2.29. The number of carbonyl (C=O) groups excluding carboxylic acids is 1. The fraction of sp³-hybridized carbons (Fsp3) is 0.533. The molecule has 1 aromatic rings. The van der Waals surface area contributed by atoms with Crippen molar-refractivity contribution in [1.29, 1.82) is 0 Å². The predicted octanol–water partition coefficient (Wildman–Crippen LogP) is 3.08. The highest BCUT2D eigenvalue weighted by Crippen LogP contribution is 2.16. The van der Waals surface area contributed by atoms with E-state index in [0.29, 0.717) is 12.1 Å². The zero-order chi connectivity index (χ0) is 14.5. The highest BCUT2D eigenvalue weighted by Gasteiger charge is 2.21. The number of hydrogen-bond donors (Lipinski definition) is 1. The summed E-state index contributed by atoms with van der Waals surface area (Å²) in [4.78, 5) is 14.1. The molecule has 0 aliphatic carbocycles. The fourth-order valence-corrected chi connectivity index (χ4v) is 2.83. The van der Waals surface area contributed by atoms with Gasteiger partial charge < -0.3 is 10.2 Å². The molecule has 0 bridgehead atoms. The SMILES string of the molecule is CC(NCc1cc(Br)ccc1F)C(=O)N1CCCCC1. The van der Waals surface area contributed by atoms with Crippen molar-refractivity contribution in [2.45, 2.75) is 38.8 Å². The highest BCUT2D eigenvalue weighted by atomic mass is 79.9. The topological polar surface area (TPSA) is 32.3 Å². The third kappa shape index (κ3) is 4.03. The van der Waals surface area contributed by atoms with Crippen LogP contribution in [0.4, 0.5) is 4.39 Å². The second-order valence-electron chi connectivity index (χ2n) is 5.22. The van der Waals surface area contributed by atoms with E-state index in [-0.39, 0.29) is 17.8 Å². The molecular formula is C15H20BrFN2O. The Kier molecular flexibility index (Phi) is 5.54. The molecule has 1 heterocycles. The van der Waals surface area contributed by atoms with Gasteiger partial charge in [-0.1, -0.05) is 15.9 Å². The summed E-state index contributed by atoms with van der Waals surface area (Å²) in [6, 6.07) is 4.55. The summed E-state index contributed by atoms with van der Waals surface area (Å²) in [6.07, 6.45) is 3.37. The van der Waals surface area contributed by atoms with E-state index in [0.717, 1.165) is 30.4 Å². The van der Waals surface area contributed by atoms with Crippen LogP contribution >= 0.6 is 15.9 Å². The van der Waals surface area contributed by atoms with Crippen LogP contribution in [0, 0.1) is 5.82 Å². The zero-order valence-electron chi connectivity index (χ0n) is 11.7. The standard InChI is InChI=1S/C15H20BrFN2O/c1-11(15(20)19-7-3-2-4-8-19)18-10-12-9-13(16)5-6-14(12)17/h5-6,9,11,18H,2-4,7-8,10H2,1H3. The molecular weight excluding hydrogens is 323 g/mol. The number of amides is 1. The normalized spacial score (nSPS) is 17.1. The lowest BCUT2D eigenvalue weighted by atomic mass is 10.1. The zero-order valence-corrected chi connectivity index (χ0v) is 13.2. The largest absolute Gasteiger partial charge is 0.341 e. The molecule has 1 amide bonds.